The lowest BCUT2D eigenvalue weighted by atomic mass is 9.91. The normalized spacial score (nSPS) is 24.2. The van der Waals surface area contributed by atoms with Crippen LogP contribution in [0.2, 0.25) is 0 Å². The number of aromatic nitrogens is 4. The monoisotopic (exact) mass is 620 g/mol. The highest BCUT2D eigenvalue weighted by Gasteiger charge is 2.47. The first-order chi connectivity index (χ1) is 20.5. The molecule has 0 radical (unpaired) electrons. The van der Waals surface area contributed by atoms with Gasteiger partial charge in [-0.15, -0.1) is 5.10 Å². The summed E-state index contributed by atoms with van der Waals surface area (Å²) in [6.45, 7) is 1.84. The molecule has 15 heteroatoms. The van der Waals surface area contributed by atoms with Crippen LogP contribution in [-0.4, -0.2) is 72.6 Å². The summed E-state index contributed by atoms with van der Waals surface area (Å²) in [6, 6.07) is 13.0. The number of halogens is 3. The zero-order valence-electron chi connectivity index (χ0n) is 23.4. The van der Waals surface area contributed by atoms with Gasteiger partial charge in [0.05, 0.1) is 18.8 Å². The van der Waals surface area contributed by atoms with Crippen LogP contribution in [0.5, 0.6) is 0 Å². The van der Waals surface area contributed by atoms with Gasteiger partial charge in [0.25, 0.3) is 0 Å². The van der Waals surface area contributed by atoms with Gasteiger partial charge in [0.1, 0.15) is 6.04 Å². The van der Waals surface area contributed by atoms with Crippen molar-refractivity contribution in [2.24, 2.45) is 13.0 Å². The number of thioether (sulfide) groups is 1. The second kappa shape index (κ2) is 13.0. The molecule has 2 aliphatic heterocycles. The number of aryl methyl sites for hydroxylation is 1. The number of ether oxygens (including phenoxy) is 2. The molecule has 0 saturated carbocycles. The van der Waals surface area contributed by atoms with Crippen LogP contribution >= 0.6 is 11.8 Å². The van der Waals surface area contributed by atoms with Crippen molar-refractivity contribution in [2.45, 2.75) is 62.2 Å². The number of amides is 2. The summed E-state index contributed by atoms with van der Waals surface area (Å²) in [7, 11) is 1.75. The summed E-state index contributed by atoms with van der Waals surface area (Å²) in [5, 5.41) is 24.3. The Morgan fingerprint density at radius 3 is 2.42 bits per heavy atom. The van der Waals surface area contributed by atoms with Gasteiger partial charge in [-0.1, -0.05) is 55.1 Å². The van der Waals surface area contributed by atoms with Gasteiger partial charge in [0.15, 0.2) is 6.29 Å². The number of hydrogen-bond acceptors (Lipinski definition) is 9. The molecule has 2 aliphatic rings. The number of nitrogens with zero attached hydrogens (tertiary/aromatic N) is 5. The van der Waals surface area contributed by atoms with E-state index in [4.69, 9.17) is 9.47 Å². The average molecular weight is 621 g/mol. The van der Waals surface area contributed by atoms with Gasteiger partial charge in [-0.25, -0.2) is 4.68 Å². The van der Waals surface area contributed by atoms with Crippen LogP contribution in [0.1, 0.15) is 48.8 Å². The van der Waals surface area contributed by atoms with Crippen molar-refractivity contribution < 1.29 is 37.3 Å². The first-order valence-electron chi connectivity index (χ1n) is 13.7. The van der Waals surface area contributed by atoms with Crippen molar-refractivity contribution in [2.75, 3.05) is 17.6 Å². The molecule has 2 aromatic carbocycles. The fourth-order valence-electron chi connectivity index (χ4n) is 5.20. The molecular formula is C28H31F3N6O5S. The molecule has 3 aromatic rings. The summed E-state index contributed by atoms with van der Waals surface area (Å²) < 4.78 is 53.3. The molecule has 5 rings (SSSR count). The molecular weight excluding hydrogens is 589 g/mol. The van der Waals surface area contributed by atoms with Crippen molar-refractivity contribution in [3.8, 4) is 0 Å². The second-order valence-electron chi connectivity index (χ2n) is 10.5. The maximum Gasteiger partial charge on any atom is 0.471 e. The van der Waals surface area contributed by atoms with Crippen LogP contribution in [-0.2, 0) is 32.7 Å². The number of rotatable bonds is 8. The fourth-order valence-corrected chi connectivity index (χ4v) is 6.22. The molecule has 1 aromatic heterocycles. The van der Waals surface area contributed by atoms with Gasteiger partial charge < -0.3 is 24.8 Å². The maximum atomic E-state index is 13.0. The van der Waals surface area contributed by atoms with E-state index in [1.54, 1.807) is 36.0 Å². The number of benzene rings is 2. The van der Waals surface area contributed by atoms with E-state index in [0.717, 1.165) is 11.1 Å². The number of hydrogen-bond donors (Lipinski definition) is 2. The van der Waals surface area contributed by atoms with Gasteiger partial charge >= 0.3 is 12.1 Å². The zero-order chi connectivity index (χ0) is 30.7. The lowest BCUT2D eigenvalue weighted by Gasteiger charge is -2.41. The summed E-state index contributed by atoms with van der Waals surface area (Å²) in [6.07, 6.45) is -5.94. The Hall–Kier alpha value is -3.53. The molecule has 11 nitrogen and oxygen atoms in total. The van der Waals surface area contributed by atoms with Crippen molar-refractivity contribution in [1.82, 2.24) is 25.1 Å². The number of nitrogens with one attached hydrogen (secondary N) is 1. The third-order valence-electron chi connectivity index (χ3n) is 7.59. The van der Waals surface area contributed by atoms with Crippen molar-refractivity contribution in [1.29, 1.82) is 0 Å². The van der Waals surface area contributed by atoms with Crippen molar-refractivity contribution in [3.05, 3.63) is 65.2 Å². The topological polar surface area (TPSA) is 132 Å². The van der Waals surface area contributed by atoms with Crippen LogP contribution in [0.3, 0.4) is 0 Å². The van der Waals surface area contributed by atoms with Crippen LogP contribution < -0.4 is 5.32 Å². The molecule has 5 atom stereocenters. The van der Waals surface area contributed by atoms with Gasteiger partial charge in [-0.05, 0) is 46.5 Å². The Bertz CT molecular complexity index is 1420. The van der Waals surface area contributed by atoms with Crippen LogP contribution in [0.25, 0.3) is 0 Å². The standard InChI is InChI=1S/C28H31F3N6O5S/c1-16-22(15-43-27-33-34-35-36(27)2)41-25(42-23(16)18-7-5-17(14-38)6-8-18)19-9-11-20(12-10-19)32-24(39)21-4-3-13-37(21)26(40)28(29,30)31/h5-12,16,21-23,25,38H,3-4,13-15H2,1-2H3,(H,32,39). The molecule has 2 N–H and O–H groups in total. The number of aliphatic hydroxyl groups excluding tert-OH is 1. The number of carbonyl (C=O) groups excluding carboxylic acids is 2. The number of aliphatic hydroxyl groups is 1. The average Bonchev–Trinajstić information content (AvgIpc) is 3.65. The highest BCUT2D eigenvalue weighted by molar-refractivity contribution is 7.99. The maximum absolute atomic E-state index is 13.0. The smallest absolute Gasteiger partial charge is 0.392 e. The molecule has 0 aliphatic carbocycles. The number of tetrazole rings is 1. The van der Waals surface area contributed by atoms with E-state index in [2.05, 4.69) is 20.8 Å². The Labute approximate surface area is 249 Å². The Kier molecular flexibility index (Phi) is 9.34. The SMILES string of the molecule is CC1C(CSc2nnnn2C)OC(c2ccc(NC(=O)C3CCCN3C(=O)C(F)(F)F)cc2)OC1c1ccc(CO)cc1. The molecule has 2 fully saturated rings. The molecule has 2 amide bonds. The quantitative estimate of drug-likeness (QED) is 0.361. The lowest BCUT2D eigenvalue weighted by Crippen LogP contribution is -2.48. The van der Waals surface area contributed by atoms with E-state index in [0.29, 0.717) is 33.5 Å². The summed E-state index contributed by atoms with van der Waals surface area (Å²) in [5.41, 5.74) is 2.74. The molecule has 0 spiro atoms. The largest absolute Gasteiger partial charge is 0.471 e. The highest BCUT2D eigenvalue weighted by atomic mass is 32.2. The van der Waals surface area contributed by atoms with E-state index in [1.165, 1.54) is 11.8 Å². The third-order valence-corrected chi connectivity index (χ3v) is 8.69. The van der Waals surface area contributed by atoms with E-state index >= 15 is 0 Å². The van der Waals surface area contributed by atoms with E-state index in [9.17, 15) is 27.9 Å². The molecule has 2 saturated heterocycles. The second-order valence-corrected chi connectivity index (χ2v) is 11.5. The minimum Gasteiger partial charge on any atom is -0.392 e. The van der Waals surface area contributed by atoms with Gasteiger partial charge in [0.2, 0.25) is 11.1 Å². The Morgan fingerprint density at radius 1 is 1.09 bits per heavy atom. The predicted octanol–water partition coefficient (Wildman–Crippen LogP) is 3.78. The number of alkyl halides is 3. The first kappa shape index (κ1) is 30.9. The Balaban J connectivity index is 1.31. The van der Waals surface area contributed by atoms with Gasteiger partial charge in [-0.2, -0.15) is 13.2 Å². The molecule has 43 heavy (non-hydrogen) atoms. The highest BCUT2D eigenvalue weighted by Crippen LogP contribution is 2.43. The van der Waals surface area contributed by atoms with Crippen LogP contribution in [0, 0.1) is 5.92 Å². The number of anilines is 1. The van der Waals surface area contributed by atoms with Crippen LogP contribution in [0.4, 0.5) is 18.9 Å². The Morgan fingerprint density at radius 2 is 1.79 bits per heavy atom. The third kappa shape index (κ3) is 7.00. The van der Waals surface area contributed by atoms with Crippen molar-refractivity contribution in [3.63, 3.8) is 0 Å². The molecule has 5 unspecified atom stereocenters. The fraction of sp³-hybridized carbons (Fsp3) is 0.464. The van der Waals surface area contributed by atoms with E-state index in [-0.39, 0.29) is 37.7 Å². The van der Waals surface area contributed by atoms with E-state index < -0.39 is 30.3 Å². The lowest BCUT2D eigenvalue weighted by molar-refractivity contribution is -0.268. The minimum atomic E-state index is -5.04. The zero-order valence-corrected chi connectivity index (χ0v) is 24.2. The minimum absolute atomic E-state index is 0.0581. The molecule has 3 heterocycles. The number of carbonyl (C=O) groups is 2. The van der Waals surface area contributed by atoms with E-state index in [1.807, 2.05) is 31.2 Å². The van der Waals surface area contributed by atoms with Crippen LogP contribution in [0.15, 0.2) is 53.7 Å². The summed E-state index contributed by atoms with van der Waals surface area (Å²) in [4.78, 5) is 25.2. The van der Waals surface area contributed by atoms with Crippen molar-refractivity contribution >= 4 is 29.3 Å². The number of likely N-dealkylation sites (tertiary alicyclic amines) is 1. The molecule has 0 bridgehead atoms. The van der Waals surface area contributed by atoms with Gasteiger partial charge in [-0.3, -0.25) is 9.59 Å². The van der Waals surface area contributed by atoms with Gasteiger partial charge in [0, 0.05) is 36.5 Å². The summed E-state index contributed by atoms with van der Waals surface area (Å²) in [5.74, 6) is -2.20. The first-order valence-corrected chi connectivity index (χ1v) is 14.7. The molecule has 230 valence electrons. The summed E-state index contributed by atoms with van der Waals surface area (Å²) >= 11 is 1.46. The predicted molar refractivity (Wildman–Crippen MR) is 148 cm³/mol.